The zero-order valence-corrected chi connectivity index (χ0v) is 8.63. The number of hydrogen-bond donors (Lipinski definition) is 1. The first-order valence-electron chi connectivity index (χ1n) is 4.18. The SMILES string of the molecule is CC(F)(F)C(C(=O)O)c1cccc(Cl)c1. The van der Waals surface area contributed by atoms with Crippen LogP contribution in [0.5, 0.6) is 0 Å². The molecule has 0 saturated carbocycles. The summed E-state index contributed by atoms with van der Waals surface area (Å²) >= 11 is 5.61. The van der Waals surface area contributed by atoms with Gasteiger partial charge in [0.05, 0.1) is 0 Å². The van der Waals surface area contributed by atoms with Gasteiger partial charge in [0.1, 0.15) is 5.92 Å². The molecule has 5 heteroatoms. The van der Waals surface area contributed by atoms with Crippen LogP contribution in [-0.2, 0) is 4.79 Å². The molecule has 1 N–H and O–H groups in total. The van der Waals surface area contributed by atoms with E-state index < -0.39 is 17.8 Å². The maximum atomic E-state index is 13.0. The zero-order valence-electron chi connectivity index (χ0n) is 7.88. The minimum absolute atomic E-state index is 0.00231. The van der Waals surface area contributed by atoms with Crippen LogP contribution in [0.2, 0.25) is 5.02 Å². The Labute approximate surface area is 90.5 Å². The van der Waals surface area contributed by atoms with Gasteiger partial charge in [-0.25, -0.2) is 8.78 Å². The Balaban J connectivity index is 3.16. The zero-order chi connectivity index (χ0) is 11.6. The van der Waals surface area contributed by atoms with Gasteiger partial charge in [-0.1, -0.05) is 23.7 Å². The van der Waals surface area contributed by atoms with Crippen LogP contribution in [0.4, 0.5) is 8.78 Å². The second-order valence-electron chi connectivity index (χ2n) is 3.28. The second kappa shape index (κ2) is 4.14. The molecule has 1 atom stereocenters. The molecule has 0 fully saturated rings. The summed E-state index contributed by atoms with van der Waals surface area (Å²) in [7, 11) is 0. The molecule has 1 aromatic carbocycles. The highest BCUT2D eigenvalue weighted by atomic mass is 35.5. The number of benzene rings is 1. The fourth-order valence-electron chi connectivity index (χ4n) is 1.34. The van der Waals surface area contributed by atoms with Crippen LogP contribution >= 0.6 is 11.6 Å². The summed E-state index contributed by atoms with van der Waals surface area (Å²) in [6.45, 7) is 0.576. The lowest BCUT2D eigenvalue weighted by Gasteiger charge is -2.19. The minimum Gasteiger partial charge on any atom is -0.481 e. The van der Waals surface area contributed by atoms with Crippen molar-refractivity contribution in [2.75, 3.05) is 0 Å². The quantitative estimate of drug-likeness (QED) is 0.872. The van der Waals surface area contributed by atoms with Crippen LogP contribution in [0.25, 0.3) is 0 Å². The number of carbonyl (C=O) groups is 1. The van der Waals surface area contributed by atoms with E-state index in [2.05, 4.69) is 0 Å². The molecule has 0 spiro atoms. The van der Waals surface area contributed by atoms with E-state index in [1.807, 2.05) is 0 Å². The number of hydrogen-bond acceptors (Lipinski definition) is 1. The Morgan fingerprint density at radius 3 is 2.53 bits per heavy atom. The van der Waals surface area contributed by atoms with Gasteiger partial charge < -0.3 is 5.11 Å². The molecule has 0 radical (unpaired) electrons. The first-order valence-corrected chi connectivity index (χ1v) is 4.56. The van der Waals surface area contributed by atoms with E-state index in [1.165, 1.54) is 24.3 Å². The normalized spacial score (nSPS) is 13.6. The Kier molecular flexibility index (Phi) is 3.29. The highest BCUT2D eigenvalue weighted by molar-refractivity contribution is 6.30. The monoisotopic (exact) mass is 234 g/mol. The Morgan fingerprint density at radius 2 is 2.13 bits per heavy atom. The number of aliphatic carboxylic acids is 1. The third kappa shape index (κ3) is 2.89. The maximum absolute atomic E-state index is 13.0. The van der Waals surface area contributed by atoms with Crippen LogP contribution in [0.15, 0.2) is 24.3 Å². The van der Waals surface area contributed by atoms with E-state index in [-0.39, 0.29) is 10.6 Å². The average molecular weight is 235 g/mol. The highest BCUT2D eigenvalue weighted by Gasteiger charge is 2.41. The molecule has 2 nitrogen and oxygen atoms in total. The van der Waals surface area contributed by atoms with Crippen molar-refractivity contribution in [1.82, 2.24) is 0 Å². The van der Waals surface area contributed by atoms with Crippen LogP contribution in [0.1, 0.15) is 18.4 Å². The number of rotatable bonds is 3. The molecule has 0 aromatic heterocycles. The fraction of sp³-hybridized carbons (Fsp3) is 0.300. The van der Waals surface area contributed by atoms with Gasteiger partial charge in [0.25, 0.3) is 5.92 Å². The lowest BCUT2D eigenvalue weighted by Crippen LogP contribution is -2.29. The van der Waals surface area contributed by atoms with Gasteiger partial charge in [0.15, 0.2) is 0 Å². The average Bonchev–Trinajstić information content (AvgIpc) is 1.99. The Bertz CT molecular complexity index is 374. The van der Waals surface area contributed by atoms with E-state index in [0.717, 1.165) is 0 Å². The third-order valence-corrected chi connectivity index (χ3v) is 2.17. The summed E-state index contributed by atoms with van der Waals surface area (Å²) in [5.74, 6) is -6.75. The van der Waals surface area contributed by atoms with Crippen molar-refractivity contribution in [1.29, 1.82) is 0 Å². The molecule has 0 aliphatic heterocycles. The Morgan fingerprint density at radius 1 is 1.53 bits per heavy atom. The van der Waals surface area contributed by atoms with Crippen LogP contribution in [-0.4, -0.2) is 17.0 Å². The number of halogens is 3. The van der Waals surface area contributed by atoms with E-state index in [4.69, 9.17) is 16.7 Å². The molecule has 0 amide bonds. The predicted molar refractivity (Wildman–Crippen MR) is 52.4 cm³/mol. The second-order valence-corrected chi connectivity index (χ2v) is 3.72. The van der Waals surface area contributed by atoms with Crippen molar-refractivity contribution in [2.45, 2.75) is 18.8 Å². The molecule has 0 heterocycles. The first-order chi connectivity index (χ1) is 6.82. The minimum atomic E-state index is -3.32. The van der Waals surface area contributed by atoms with Gasteiger partial charge in [-0.05, 0) is 17.7 Å². The van der Waals surface area contributed by atoms with Gasteiger partial charge in [-0.3, -0.25) is 4.79 Å². The summed E-state index contributed by atoms with van der Waals surface area (Å²) < 4.78 is 26.1. The topological polar surface area (TPSA) is 37.3 Å². The molecule has 15 heavy (non-hydrogen) atoms. The predicted octanol–water partition coefficient (Wildman–Crippen LogP) is 3.16. The summed E-state index contributed by atoms with van der Waals surface area (Å²) in [5.41, 5.74) is 0.00231. The number of carboxylic acids is 1. The molecule has 0 bridgehead atoms. The van der Waals surface area contributed by atoms with E-state index in [0.29, 0.717) is 6.92 Å². The standard InChI is InChI=1S/C10H9ClF2O2/c1-10(12,13)8(9(14)15)6-3-2-4-7(11)5-6/h2-5,8H,1H3,(H,14,15). The van der Waals surface area contributed by atoms with Gasteiger partial charge in [-0.15, -0.1) is 0 Å². The summed E-state index contributed by atoms with van der Waals surface area (Å²) in [4.78, 5) is 10.7. The summed E-state index contributed by atoms with van der Waals surface area (Å²) in [5, 5.41) is 8.97. The van der Waals surface area contributed by atoms with Crippen molar-refractivity contribution < 1.29 is 18.7 Å². The fourth-order valence-corrected chi connectivity index (χ4v) is 1.54. The summed E-state index contributed by atoms with van der Waals surface area (Å²) in [6.07, 6.45) is 0. The largest absolute Gasteiger partial charge is 0.481 e. The van der Waals surface area contributed by atoms with Crippen molar-refractivity contribution in [3.63, 3.8) is 0 Å². The third-order valence-electron chi connectivity index (χ3n) is 1.94. The smallest absolute Gasteiger partial charge is 0.317 e. The molecule has 1 aromatic rings. The van der Waals surface area contributed by atoms with Crippen molar-refractivity contribution >= 4 is 17.6 Å². The Hall–Kier alpha value is -1.16. The molecular formula is C10H9ClF2O2. The molecular weight excluding hydrogens is 226 g/mol. The highest BCUT2D eigenvalue weighted by Crippen LogP contribution is 2.34. The molecule has 1 unspecified atom stereocenters. The van der Waals surface area contributed by atoms with Crippen molar-refractivity contribution in [2.24, 2.45) is 0 Å². The van der Waals surface area contributed by atoms with E-state index in [1.54, 1.807) is 0 Å². The summed E-state index contributed by atoms with van der Waals surface area (Å²) in [6, 6.07) is 5.50. The molecule has 1 rings (SSSR count). The maximum Gasteiger partial charge on any atom is 0.317 e. The van der Waals surface area contributed by atoms with E-state index >= 15 is 0 Å². The van der Waals surface area contributed by atoms with E-state index in [9.17, 15) is 13.6 Å². The van der Waals surface area contributed by atoms with Crippen LogP contribution in [0, 0.1) is 0 Å². The van der Waals surface area contributed by atoms with Crippen molar-refractivity contribution in [3.8, 4) is 0 Å². The molecule has 0 saturated heterocycles. The van der Waals surface area contributed by atoms with Gasteiger partial charge in [0, 0.05) is 11.9 Å². The van der Waals surface area contributed by atoms with Gasteiger partial charge >= 0.3 is 5.97 Å². The van der Waals surface area contributed by atoms with Crippen LogP contribution < -0.4 is 0 Å². The lowest BCUT2D eigenvalue weighted by atomic mass is 9.94. The van der Waals surface area contributed by atoms with Gasteiger partial charge in [-0.2, -0.15) is 0 Å². The molecule has 0 aliphatic carbocycles. The number of carboxylic acid groups (broad SMARTS) is 1. The number of alkyl halides is 2. The lowest BCUT2D eigenvalue weighted by molar-refractivity contribution is -0.147. The molecule has 82 valence electrons. The molecule has 0 aliphatic rings. The van der Waals surface area contributed by atoms with Crippen LogP contribution in [0.3, 0.4) is 0 Å². The first kappa shape index (κ1) is 11.9. The van der Waals surface area contributed by atoms with Crippen molar-refractivity contribution in [3.05, 3.63) is 34.9 Å². The van der Waals surface area contributed by atoms with Gasteiger partial charge in [0.2, 0.25) is 0 Å².